The molecule has 1 fully saturated rings. The molecule has 1 aliphatic rings. The highest BCUT2D eigenvalue weighted by molar-refractivity contribution is 5.76. The molecule has 0 N–H and O–H groups in total. The van der Waals surface area contributed by atoms with E-state index in [2.05, 4.69) is 20.9 Å². The van der Waals surface area contributed by atoms with E-state index < -0.39 is 0 Å². The quantitative estimate of drug-likeness (QED) is 0.860. The minimum atomic E-state index is -0.312. The van der Waals surface area contributed by atoms with Crippen LogP contribution in [0.4, 0.5) is 4.39 Å². The number of hydrogen-bond acceptors (Lipinski definition) is 3. The van der Waals surface area contributed by atoms with E-state index >= 15 is 0 Å². The van der Waals surface area contributed by atoms with Crippen LogP contribution in [0, 0.1) is 12.7 Å². The fourth-order valence-corrected chi connectivity index (χ4v) is 2.76. The number of rotatable bonds is 4. The third-order valence-electron chi connectivity index (χ3n) is 3.94. The number of fused-ring (bicyclic) bond motifs is 1. The van der Waals surface area contributed by atoms with Crippen LogP contribution in [0.3, 0.4) is 0 Å². The number of para-hydroxylation sites is 1. The molecule has 110 valence electrons. The van der Waals surface area contributed by atoms with E-state index in [4.69, 9.17) is 0 Å². The molecular weight excluding hydrogens is 265 g/mol. The lowest BCUT2D eigenvalue weighted by Crippen LogP contribution is -2.19. The van der Waals surface area contributed by atoms with Gasteiger partial charge in [0, 0.05) is 6.54 Å². The molecule has 1 saturated heterocycles. The molecule has 0 spiro atoms. The molecular formula is C17H20FN3. The molecule has 3 rings (SSSR count). The fourth-order valence-electron chi connectivity index (χ4n) is 2.76. The van der Waals surface area contributed by atoms with Gasteiger partial charge >= 0.3 is 0 Å². The number of aromatic nitrogens is 2. The van der Waals surface area contributed by atoms with Gasteiger partial charge in [0.1, 0.15) is 5.52 Å². The van der Waals surface area contributed by atoms with Gasteiger partial charge in [-0.25, -0.2) is 14.4 Å². The molecule has 0 atom stereocenters. The van der Waals surface area contributed by atoms with Gasteiger partial charge in [-0.3, -0.25) is 0 Å². The minimum absolute atomic E-state index is 0.312. The highest BCUT2D eigenvalue weighted by Crippen LogP contribution is 2.17. The van der Waals surface area contributed by atoms with Crippen LogP contribution in [-0.4, -0.2) is 34.5 Å². The molecule has 0 bridgehead atoms. The SMILES string of the molecule is Cc1nc2c(F)cccc2nc1C=CCCN1CCCC1. The fraction of sp³-hybridized carbons (Fsp3) is 0.412. The predicted molar refractivity (Wildman–Crippen MR) is 83.6 cm³/mol. The van der Waals surface area contributed by atoms with Gasteiger partial charge in [-0.2, -0.15) is 0 Å². The summed E-state index contributed by atoms with van der Waals surface area (Å²) in [5, 5.41) is 0. The number of aryl methyl sites for hydroxylation is 1. The molecule has 2 heterocycles. The molecule has 21 heavy (non-hydrogen) atoms. The van der Waals surface area contributed by atoms with Crippen molar-refractivity contribution in [2.45, 2.75) is 26.2 Å². The maximum absolute atomic E-state index is 13.7. The van der Waals surface area contributed by atoms with Crippen molar-refractivity contribution < 1.29 is 4.39 Å². The van der Waals surface area contributed by atoms with E-state index in [1.165, 1.54) is 32.0 Å². The first kappa shape index (κ1) is 14.1. The molecule has 0 unspecified atom stereocenters. The van der Waals surface area contributed by atoms with Crippen molar-refractivity contribution in [2.75, 3.05) is 19.6 Å². The first-order valence-electron chi connectivity index (χ1n) is 7.56. The van der Waals surface area contributed by atoms with Crippen LogP contribution in [0.25, 0.3) is 17.1 Å². The summed E-state index contributed by atoms with van der Waals surface area (Å²) in [4.78, 5) is 11.3. The van der Waals surface area contributed by atoms with E-state index in [1.807, 2.05) is 13.0 Å². The summed E-state index contributed by atoms with van der Waals surface area (Å²) in [6, 6.07) is 4.89. The van der Waals surface area contributed by atoms with E-state index in [9.17, 15) is 4.39 Å². The summed E-state index contributed by atoms with van der Waals surface area (Å²) in [5.74, 6) is -0.312. The zero-order valence-electron chi connectivity index (χ0n) is 12.3. The maximum Gasteiger partial charge on any atom is 0.151 e. The number of nitrogens with zero attached hydrogens (tertiary/aromatic N) is 3. The van der Waals surface area contributed by atoms with Gasteiger partial charge in [0.25, 0.3) is 0 Å². The summed E-state index contributed by atoms with van der Waals surface area (Å²) >= 11 is 0. The average Bonchev–Trinajstić information content (AvgIpc) is 2.98. The molecule has 0 aliphatic carbocycles. The van der Waals surface area contributed by atoms with Crippen molar-refractivity contribution >= 4 is 17.1 Å². The largest absolute Gasteiger partial charge is 0.303 e. The van der Waals surface area contributed by atoms with E-state index in [0.29, 0.717) is 11.0 Å². The predicted octanol–water partition coefficient (Wildman–Crippen LogP) is 3.58. The van der Waals surface area contributed by atoms with Crippen LogP contribution in [0.1, 0.15) is 30.7 Å². The Bertz CT molecular complexity index is 660. The van der Waals surface area contributed by atoms with Crippen LogP contribution in [-0.2, 0) is 0 Å². The molecule has 1 aromatic heterocycles. The Morgan fingerprint density at radius 2 is 2.05 bits per heavy atom. The number of halogens is 1. The van der Waals surface area contributed by atoms with Crippen LogP contribution in [0.2, 0.25) is 0 Å². The van der Waals surface area contributed by atoms with Crippen molar-refractivity contribution in [3.8, 4) is 0 Å². The van der Waals surface area contributed by atoms with Gasteiger partial charge in [0.2, 0.25) is 0 Å². The third-order valence-corrected chi connectivity index (χ3v) is 3.94. The standard InChI is InChI=1S/C17H20FN3/c1-13-15(8-2-3-10-21-11-4-5-12-21)20-16-9-6-7-14(18)17(16)19-13/h2,6-9H,3-5,10-12H2,1H3. The molecule has 4 heteroatoms. The van der Waals surface area contributed by atoms with Gasteiger partial charge in [-0.1, -0.05) is 12.1 Å². The lowest BCUT2D eigenvalue weighted by molar-refractivity contribution is 0.346. The number of benzene rings is 1. The molecule has 0 radical (unpaired) electrons. The van der Waals surface area contributed by atoms with Gasteiger partial charge in [0.05, 0.1) is 16.9 Å². The molecule has 0 amide bonds. The molecule has 1 aromatic carbocycles. The van der Waals surface area contributed by atoms with Crippen molar-refractivity contribution in [1.82, 2.24) is 14.9 Å². The molecule has 2 aromatic rings. The van der Waals surface area contributed by atoms with Gasteiger partial charge in [-0.15, -0.1) is 0 Å². The first-order valence-corrected chi connectivity index (χ1v) is 7.56. The summed E-state index contributed by atoms with van der Waals surface area (Å²) in [6.07, 6.45) is 7.81. The van der Waals surface area contributed by atoms with Gasteiger partial charge < -0.3 is 4.90 Å². The van der Waals surface area contributed by atoms with E-state index in [-0.39, 0.29) is 5.82 Å². The van der Waals surface area contributed by atoms with Crippen molar-refractivity contribution in [1.29, 1.82) is 0 Å². The first-order chi connectivity index (χ1) is 10.2. The van der Waals surface area contributed by atoms with Gasteiger partial charge in [0.15, 0.2) is 5.82 Å². The zero-order valence-corrected chi connectivity index (χ0v) is 12.3. The highest BCUT2D eigenvalue weighted by Gasteiger charge is 2.10. The van der Waals surface area contributed by atoms with E-state index in [0.717, 1.165) is 24.4 Å². The van der Waals surface area contributed by atoms with Crippen LogP contribution in [0.15, 0.2) is 24.3 Å². The smallest absolute Gasteiger partial charge is 0.151 e. The Morgan fingerprint density at radius 3 is 2.86 bits per heavy atom. The number of hydrogen-bond donors (Lipinski definition) is 0. The van der Waals surface area contributed by atoms with Crippen LogP contribution in [0.5, 0.6) is 0 Å². The van der Waals surface area contributed by atoms with Crippen molar-refractivity contribution in [3.05, 3.63) is 41.5 Å². The summed E-state index contributed by atoms with van der Waals surface area (Å²) in [6.45, 7) is 5.42. The summed E-state index contributed by atoms with van der Waals surface area (Å²) in [5.41, 5.74) is 2.56. The summed E-state index contributed by atoms with van der Waals surface area (Å²) in [7, 11) is 0. The van der Waals surface area contributed by atoms with Gasteiger partial charge in [-0.05, 0) is 57.5 Å². The molecule has 1 aliphatic heterocycles. The average molecular weight is 285 g/mol. The van der Waals surface area contributed by atoms with Crippen molar-refractivity contribution in [2.24, 2.45) is 0 Å². The topological polar surface area (TPSA) is 29.0 Å². The summed E-state index contributed by atoms with van der Waals surface area (Å²) < 4.78 is 13.7. The Kier molecular flexibility index (Phi) is 4.25. The van der Waals surface area contributed by atoms with E-state index in [1.54, 1.807) is 12.1 Å². The second-order valence-corrected chi connectivity index (χ2v) is 5.54. The normalized spacial score (nSPS) is 16.3. The second kappa shape index (κ2) is 6.31. The highest BCUT2D eigenvalue weighted by atomic mass is 19.1. The molecule has 3 nitrogen and oxygen atoms in total. The Balaban J connectivity index is 1.72. The van der Waals surface area contributed by atoms with Crippen LogP contribution < -0.4 is 0 Å². The minimum Gasteiger partial charge on any atom is -0.303 e. The second-order valence-electron chi connectivity index (χ2n) is 5.54. The Morgan fingerprint density at radius 1 is 1.24 bits per heavy atom. The number of likely N-dealkylation sites (tertiary alicyclic amines) is 1. The van der Waals surface area contributed by atoms with Crippen molar-refractivity contribution in [3.63, 3.8) is 0 Å². The Hall–Kier alpha value is -1.81. The molecule has 0 saturated carbocycles. The monoisotopic (exact) mass is 285 g/mol. The third kappa shape index (κ3) is 3.27. The van der Waals surface area contributed by atoms with Crippen LogP contribution >= 0.6 is 0 Å². The maximum atomic E-state index is 13.7. The zero-order chi connectivity index (χ0) is 14.7. The lowest BCUT2D eigenvalue weighted by Gasteiger charge is -2.12. The Labute approximate surface area is 124 Å². The lowest BCUT2D eigenvalue weighted by atomic mass is 10.2.